The van der Waals surface area contributed by atoms with E-state index in [0.717, 1.165) is 16.7 Å². The normalized spacial score (nSPS) is 13.5. The molecule has 2 atom stereocenters. The van der Waals surface area contributed by atoms with Crippen LogP contribution >= 0.6 is 0 Å². The molecule has 0 bridgehead atoms. The number of carboxylic acids is 1. The van der Waals surface area contributed by atoms with Gasteiger partial charge in [-0.1, -0.05) is 17.7 Å². The molecule has 0 aliphatic heterocycles. The first-order valence-corrected chi connectivity index (χ1v) is 7.30. The first-order valence-electron chi connectivity index (χ1n) is 7.30. The monoisotopic (exact) mass is 308 g/mol. The maximum absolute atomic E-state index is 12.1. The van der Waals surface area contributed by atoms with Gasteiger partial charge in [0.05, 0.1) is 18.5 Å². The molecule has 1 aromatic rings. The number of amides is 1. The van der Waals surface area contributed by atoms with Crippen molar-refractivity contribution in [3.63, 3.8) is 0 Å². The number of nitrogens with two attached hydrogens (primary N) is 1. The minimum Gasteiger partial charge on any atom is -0.544 e. The van der Waals surface area contributed by atoms with Gasteiger partial charge in [0, 0.05) is 5.69 Å². The molecule has 1 aromatic carbocycles. The smallest absolute Gasteiger partial charge is 0.230 e. The van der Waals surface area contributed by atoms with Gasteiger partial charge in [-0.15, -0.1) is 0 Å². The predicted octanol–water partition coefficient (Wildman–Crippen LogP) is -0.997. The molecule has 0 aliphatic carbocycles. The molecule has 0 spiro atoms. The maximum Gasteiger partial charge on any atom is 0.230 e. The van der Waals surface area contributed by atoms with Crippen LogP contribution in [0.1, 0.15) is 30.0 Å². The average molecular weight is 308 g/mol. The number of rotatable bonds is 7. The summed E-state index contributed by atoms with van der Waals surface area (Å²) < 4.78 is 0. The highest BCUT2D eigenvalue weighted by Crippen LogP contribution is 2.22. The molecule has 1 amide bonds. The third kappa shape index (κ3) is 5.46. The second-order valence-corrected chi connectivity index (χ2v) is 5.77. The maximum atomic E-state index is 12.1. The lowest BCUT2D eigenvalue weighted by molar-refractivity contribution is -0.687. The first kappa shape index (κ1) is 18.1. The summed E-state index contributed by atoms with van der Waals surface area (Å²) >= 11 is 0. The van der Waals surface area contributed by atoms with Crippen molar-refractivity contribution >= 4 is 17.6 Å². The summed E-state index contributed by atoms with van der Waals surface area (Å²) in [6.07, 6.45) is -0.853. The second-order valence-electron chi connectivity index (χ2n) is 5.77. The lowest BCUT2D eigenvalue weighted by Gasteiger charge is -2.18. The number of anilines is 1. The van der Waals surface area contributed by atoms with Gasteiger partial charge in [-0.3, -0.25) is 4.79 Å². The molecular formula is C16H24N2O4. The molecule has 0 fully saturated rings. The fraction of sp³-hybridized carbons (Fsp3) is 0.500. The van der Waals surface area contributed by atoms with Gasteiger partial charge in [-0.05, 0) is 38.8 Å². The van der Waals surface area contributed by atoms with Gasteiger partial charge < -0.3 is 25.6 Å². The Bertz CT molecular complexity index is 532. The molecule has 0 aliphatic rings. The average Bonchev–Trinajstić information content (AvgIpc) is 2.38. The Balaban J connectivity index is 2.74. The Kier molecular flexibility index (Phi) is 6.52. The summed E-state index contributed by atoms with van der Waals surface area (Å²) in [5.74, 6) is -1.70. The number of aliphatic hydroxyl groups excluding tert-OH is 1. The van der Waals surface area contributed by atoms with Crippen LogP contribution in [0, 0.1) is 20.8 Å². The Morgan fingerprint density at radius 1 is 1.27 bits per heavy atom. The summed E-state index contributed by atoms with van der Waals surface area (Å²) in [4.78, 5) is 23.2. The minimum absolute atomic E-state index is 0.203. The lowest BCUT2D eigenvalue weighted by atomic mass is 10.0. The van der Waals surface area contributed by atoms with Crippen LogP contribution in [0.15, 0.2) is 12.1 Å². The van der Waals surface area contributed by atoms with E-state index in [1.807, 2.05) is 32.9 Å². The van der Waals surface area contributed by atoms with Crippen LogP contribution in [-0.4, -0.2) is 35.7 Å². The van der Waals surface area contributed by atoms with Crippen LogP contribution in [0.3, 0.4) is 0 Å². The Labute approximate surface area is 130 Å². The van der Waals surface area contributed by atoms with Gasteiger partial charge in [0.2, 0.25) is 5.91 Å². The molecule has 122 valence electrons. The number of aryl methyl sites for hydroxylation is 3. The van der Waals surface area contributed by atoms with Gasteiger partial charge >= 0.3 is 0 Å². The van der Waals surface area contributed by atoms with Gasteiger partial charge in [0.1, 0.15) is 12.6 Å². The van der Waals surface area contributed by atoms with E-state index in [1.54, 1.807) is 6.92 Å². The number of carbonyl (C=O) groups excluding carboxylic acids is 2. The van der Waals surface area contributed by atoms with E-state index in [0.29, 0.717) is 5.69 Å². The number of quaternary nitrogens is 1. The fourth-order valence-corrected chi connectivity index (χ4v) is 2.39. The Morgan fingerprint density at radius 2 is 1.82 bits per heavy atom. The van der Waals surface area contributed by atoms with Crippen LogP contribution in [0.4, 0.5) is 5.69 Å². The lowest BCUT2D eigenvalue weighted by Crippen LogP contribution is -2.94. The van der Waals surface area contributed by atoms with Gasteiger partial charge in [0.15, 0.2) is 0 Å². The molecule has 0 aromatic heterocycles. The molecule has 4 N–H and O–H groups in total. The van der Waals surface area contributed by atoms with Crippen LogP contribution in [0.2, 0.25) is 0 Å². The van der Waals surface area contributed by atoms with Crippen molar-refractivity contribution in [2.24, 2.45) is 0 Å². The number of carboxylic acid groups (broad SMARTS) is 1. The largest absolute Gasteiger partial charge is 0.544 e. The van der Waals surface area contributed by atoms with Crippen molar-refractivity contribution in [3.8, 4) is 0 Å². The van der Waals surface area contributed by atoms with Gasteiger partial charge in [-0.25, -0.2) is 0 Å². The summed E-state index contributed by atoms with van der Waals surface area (Å²) in [6.45, 7) is 7.52. The molecule has 0 unspecified atom stereocenters. The molecule has 1 rings (SSSR count). The van der Waals surface area contributed by atoms with E-state index in [-0.39, 0.29) is 18.9 Å². The zero-order valence-corrected chi connectivity index (χ0v) is 13.5. The molecular weight excluding hydrogens is 284 g/mol. The van der Waals surface area contributed by atoms with E-state index in [2.05, 4.69) is 5.32 Å². The summed E-state index contributed by atoms with van der Waals surface area (Å²) in [5, 5.41) is 24.5. The van der Waals surface area contributed by atoms with E-state index in [9.17, 15) is 19.8 Å². The molecule has 0 heterocycles. The highest BCUT2D eigenvalue weighted by atomic mass is 16.4. The number of carbonyl (C=O) groups is 2. The number of nitrogens with one attached hydrogen (secondary N) is 1. The molecule has 0 saturated carbocycles. The first-order chi connectivity index (χ1) is 10.2. The van der Waals surface area contributed by atoms with Crippen LogP contribution in [0.5, 0.6) is 0 Å². The Hall–Kier alpha value is -1.92. The third-order valence-corrected chi connectivity index (χ3v) is 3.41. The SMILES string of the molecule is Cc1cc(C)c(NC(=O)C[C@@H]([NH2+]C[C@H](C)O)C(=O)[O-])c(C)c1. The van der Waals surface area contributed by atoms with Crippen molar-refractivity contribution < 1.29 is 25.1 Å². The minimum atomic E-state index is -1.31. The summed E-state index contributed by atoms with van der Waals surface area (Å²) in [5.41, 5.74) is 3.68. The highest BCUT2D eigenvalue weighted by molar-refractivity contribution is 5.94. The quantitative estimate of drug-likeness (QED) is 0.601. The zero-order valence-electron chi connectivity index (χ0n) is 13.5. The van der Waals surface area contributed by atoms with Gasteiger partial charge in [0.25, 0.3) is 0 Å². The van der Waals surface area contributed by atoms with Crippen molar-refractivity contribution in [1.29, 1.82) is 0 Å². The number of benzene rings is 1. The summed E-state index contributed by atoms with van der Waals surface area (Å²) in [7, 11) is 0. The molecule has 22 heavy (non-hydrogen) atoms. The van der Waals surface area contributed by atoms with E-state index in [1.165, 1.54) is 5.32 Å². The van der Waals surface area contributed by atoms with Gasteiger partial charge in [-0.2, -0.15) is 0 Å². The fourth-order valence-electron chi connectivity index (χ4n) is 2.39. The molecule has 0 radical (unpaired) electrons. The predicted molar refractivity (Wildman–Crippen MR) is 81.2 cm³/mol. The van der Waals surface area contributed by atoms with Crippen LogP contribution in [-0.2, 0) is 9.59 Å². The number of hydrogen-bond acceptors (Lipinski definition) is 4. The number of hydrogen-bond donors (Lipinski definition) is 3. The number of aliphatic hydroxyl groups is 1. The highest BCUT2D eigenvalue weighted by Gasteiger charge is 2.20. The van der Waals surface area contributed by atoms with Crippen molar-refractivity contribution in [3.05, 3.63) is 28.8 Å². The number of aliphatic carboxylic acids is 1. The topological polar surface area (TPSA) is 106 Å². The second kappa shape index (κ2) is 7.91. The van der Waals surface area contributed by atoms with Crippen molar-refractivity contribution in [1.82, 2.24) is 0 Å². The molecule has 6 heteroatoms. The van der Waals surface area contributed by atoms with E-state index < -0.39 is 18.1 Å². The van der Waals surface area contributed by atoms with Crippen LogP contribution < -0.4 is 15.7 Å². The third-order valence-electron chi connectivity index (χ3n) is 3.41. The zero-order chi connectivity index (χ0) is 16.9. The van der Waals surface area contributed by atoms with Crippen LogP contribution in [0.25, 0.3) is 0 Å². The summed E-state index contributed by atoms with van der Waals surface area (Å²) in [6, 6.07) is 2.90. The van der Waals surface area contributed by atoms with E-state index >= 15 is 0 Å². The Morgan fingerprint density at radius 3 is 2.27 bits per heavy atom. The van der Waals surface area contributed by atoms with Crippen molar-refractivity contribution in [2.45, 2.75) is 46.3 Å². The molecule has 0 saturated heterocycles. The molecule has 6 nitrogen and oxygen atoms in total. The van der Waals surface area contributed by atoms with E-state index in [4.69, 9.17) is 0 Å². The standard InChI is InChI=1S/C16H24N2O4/c1-9-5-10(2)15(11(3)6-9)18-14(20)7-13(16(21)22)17-8-12(4)19/h5-6,12-13,17,19H,7-8H2,1-4H3,(H,18,20)(H,21,22)/t12-,13+/m0/s1. The van der Waals surface area contributed by atoms with Crippen molar-refractivity contribution in [2.75, 3.05) is 11.9 Å².